The second-order valence-corrected chi connectivity index (χ2v) is 19.0. The molecule has 1 aromatic heterocycles. The molecule has 5 rings (SSSR count). The van der Waals surface area contributed by atoms with Crippen molar-refractivity contribution >= 4 is 5.97 Å². The lowest BCUT2D eigenvalue weighted by Gasteiger charge is -2.49. The smallest absolute Gasteiger partial charge is 0.311 e. The van der Waals surface area contributed by atoms with Gasteiger partial charge in [-0.3, -0.25) is 4.79 Å². The Balaban J connectivity index is 1.58. The highest BCUT2D eigenvalue weighted by Crippen LogP contribution is 2.41. The molecule has 0 bridgehead atoms. The summed E-state index contributed by atoms with van der Waals surface area (Å²) in [5.74, 6) is -2.50. The monoisotopic (exact) mass is 862 g/mol. The fourth-order valence-corrected chi connectivity index (χ4v) is 9.80. The second kappa shape index (κ2) is 20.9. The third-order valence-corrected chi connectivity index (χ3v) is 13.6. The number of rotatable bonds is 10. The first-order chi connectivity index (χ1) is 28.7. The van der Waals surface area contributed by atoms with E-state index < -0.39 is 84.3 Å². The van der Waals surface area contributed by atoms with Gasteiger partial charge in [-0.05, 0) is 80.4 Å². The van der Waals surface area contributed by atoms with Crippen molar-refractivity contribution < 1.29 is 53.3 Å². The number of methoxy groups -OCH3 is 2. The van der Waals surface area contributed by atoms with Crippen molar-refractivity contribution in [1.29, 1.82) is 0 Å². The molecule has 17 atom stereocenters. The lowest BCUT2D eigenvalue weighted by Crippen LogP contribution is -2.61. The summed E-state index contributed by atoms with van der Waals surface area (Å²) >= 11 is 0. The predicted molar refractivity (Wildman–Crippen MR) is 228 cm³/mol. The lowest BCUT2D eigenvalue weighted by atomic mass is 9.75. The molecule has 3 N–H and O–H groups in total. The minimum Gasteiger partial charge on any atom is -0.459 e. The molecule has 346 valence electrons. The number of nitrogens with zero attached hydrogens (tertiary/aromatic N) is 5. The lowest BCUT2D eigenvalue weighted by molar-refractivity contribution is -0.319. The molecule has 4 heterocycles. The first-order valence-corrected chi connectivity index (χ1v) is 22.0. The van der Waals surface area contributed by atoms with Gasteiger partial charge in [0, 0.05) is 51.3 Å². The first kappa shape index (κ1) is 49.4. The van der Waals surface area contributed by atoms with E-state index in [1.807, 2.05) is 104 Å². The Morgan fingerprint density at radius 2 is 1.56 bits per heavy atom. The maximum Gasteiger partial charge on any atom is 0.311 e. The van der Waals surface area contributed by atoms with Crippen LogP contribution in [0.15, 0.2) is 36.5 Å². The number of carbonyl (C=O) groups excluding carboxylic acids is 1. The maximum atomic E-state index is 14.7. The summed E-state index contributed by atoms with van der Waals surface area (Å²) < 4.78 is 47.0. The SMILES string of the molecule is CO[C@]1(C)C[C@@H](C)[C@H](O)[C@H](C)CN(C)C[C@H](Cn2cc(-c3ccccc3)nn2)OC(=O)[C@H](C)[C@@H](O[C@H]2C[C@@](C)(OC)[C@@H](O)[C@H](C)O2)[C@H](C)[C@H]1O[C@@H]1O[C@H](C)C[C@H](N(C)C)[C@H]1O. The van der Waals surface area contributed by atoms with E-state index in [1.165, 1.54) is 0 Å². The van der Waals surface area contributed by atoms with Gasteiger partial charge in [0.05, 0.1) is 60.4 Å². The van der Waals surface area contributed by atoms with E-state index in [0.717, 1.165) is 5.56 Å². The van der Waals surface area contributed by atoms with E-state index in [0.29, 0.717) is 31.6 Å². The third kappa shape index (κ3) is 11.8. The highest BCUT2D eigenvalue weighted by molar-refractivity contribution is 5.73. The largest absolute Gasteiger partial charge is 0.459 e. The summed E-state index contributed by atoms with van der Waals surface area (Å²) in [5.41, 5.74) is -0.492. The van der Waals surface area contributed by atoms with Crippen LogP contribution in [0.25, 0.3) is 11.3 Å². The van der Waals surface area contributed by atoms with Crippen LogP contribution in [0.5, 0.6) is 0 Å². The molecule has 3 aliphatic rings. The van der Waals surface area contributed by atoms with Crippen molar-refractivity contribution in [2.24, 2.45) is 23.7 Å². The molecule has 3 aliphatic heterocycles. The third-order valence-electron chi connectivity index (χ3n) is 13.6. The zero-order valence-electron chi connectivity index (χ0n) is 38.7. The summed E-state index contributed by atoms with van der Waals surface area (Å²) in [6.07, 6.45) is -5.00. The van der Waals surface area contributed by atoms with Gasteiger partial charge in [0.15, 0.2) is 12.6 Å². The average molecular weight is 862 g/mol. The molecule has 0 amide bonds. The van der Waals surface area contributed by atoms with Crippen LogP contribution in [0.2, 0.25) is 0 Å². The van der Waals surface area contributed by atoms with Crippen LogP contribution in [0.4, 0.5) is 0 Å². The van der Waals surface area contributed by atoms with Crippen LogP contribution in [-0.2, 0) is 44.5 Å². The summed E-state index contributed by atoms with van der Waals surface area (Å²) in [6.45, 7) is 16.3. The number of hydrogen-bond donors (Lipinski definition) is 3. The van der Waals surface area contributed by atoms with Crippen LogP contribution >= 0.6 is 0 Å². The number of ether oxygens (including phenoxy) is 7. The molecular formula is C45H75N5O11. The number of hydrogen-bond acceptors (Lipinski definition) is 15. The highest BCUT2D eigenvalue weighted by atomic mass is 16.7. The molecule has 0 spiro atoms. The summed E-state index contributed by atoms with van der Waals surface area (Å²) in [4.78, 5) is 18.8. The molecule has 0 radical (unpaired) electrons. The van der Waals surface area contributed by atoms with Crippen LogP contribution in [0, 0.1) is 23.7 Å². The van der Waals surface area contributed by atoms with E-state index in [2.05, 4.69) is 15.2 Å². The minimum atomic E-state index is -1.10. The Labute approximate surface area is 363 Å². The molecule has 16 nitrogen and oxygen atoms in total. The Morgan fingerprint density at radius 1 is 0.885 bits per heavy atom. The van der Waals surface area contributed by atoms with E-state index in [1.54, 1.807) is 32.7 Å². The Bertz CT molecular complexity index is 1670. The van der Waals surface area contributed by atoms with Gasteiger partial charge >= 0.3 is 5.97 Å². The Morgan fingerprint density at radius 3 is 2.20 bits per heavy atom. The zero-order chi connectivity index (χ0) is 45.0. The number of aromatic nitrogens is 3. The van der Waals surface area contributed by atoms with Gasteiger partial charge in [-0.1, -0.05) is 56.3 Å². The molecule has 16 heteroatoms. The zero-order valence-corrected chi connectivity index (χ0v) is 38.7. The molecule has 61 heavy (non-hydrogen) atoms. The van der Waals surface area contributed by atoms with E-state index in [9.17, 15) is 20.1 Å². The predicted octanol–water partition coefficient (Wildman–Crippen LogP) is 3.60. The van der Waals surface area contributed by atoms with Crippen LogP contribution < -0.4 is 0 Å². The minimum absolute atomic E-state index is 0.171. The summed E-state index contributed by atoms with van der Waals surface area (Å²) in [5, 5.41) is 43.6. The van der Waals surface area contributed by atoms with Gasteiger partial charge in [-0.15, -0.1) is 5.10 Å². The van der Waals surface area contributed by atoms with E-state index in [4.69, 9.17) is 33.2 Å². The van der Waals surface area contributed by atoms with Crippen molar-refractivity contribution in [3.63, 3.8) is 0 Å². The average Bonchev–Trinajstić information content (AvgIpc) is 3.69. The Hall–Kier alpha value is -2.61. The van der Waals surface area contributed by atoms with Crippen LogP contribution in [0.1, 0.15) is 74.7 Å². The topological polar surface area (TPSA) is 180 Å². The maximum absolute atomic E-state index is 14.7. The number of cyclic esters (lactones) is 1. The number of benzene rings is 1. The van der Waals surface area contributed by atoms with Crippen molar-refractivity contribution in [2.45, 2.75) is 160 Å². The summed E-state index contributed by atoms with van der Waals surface area (Å²) in [7, 11) is 8.94. The van der Waals surface area contributed by atoms with Crippen LogP contribution in [0.3, 0.4) is 0 Å². The number of carbonyl (C=O) groups is 1. The molecule has 0 aliphatic carbocycles. The first-order valence-electron chi connectivity index (χ1n) is 22.0. The van der Waals surface area contributed by atoms with E-state index >= 15 is 0 Å². The van der Waals surface area contributed by atoms with Crippen LogP contribution in [-0.4, -0.2) is 173 Å². The number of aliphatic hydroxyl groups is 3. The van der Waals surface area contributed by atoms with Gasteiger partial charge < -0.3 is 58.3 Å². The quantitative estimate of drug-likeness (QED) is 0.295. The van der Waals surface area contributed by atoms with E-state index in [-0.39, 0.29) is 36.9 Å². The Kier molecular flexibility index (Phi) is 16.9. The standard InChI is InChI=1S/C45H75N5O11/c1-26-20-45(8,56-13)41(61-43-38(52)35(48(9)10)19-28(3)57-43)29(4)39(60-36-21-44(7,55-12)40(53)31(6)58-36)30(5)42(54)59-33(23-49(11)22-27(2)37(26)51)24-50-25-34(46-47-50)32-17-15-14-16-18-32/h14-18,25-31,33,35-41,43,51-53H,19-24H2,1-13H3/t26-,27-,28-,29+,30-,31+,33-,35+,36+,37+,38-,39+,40+,41-,43+,44-,45-/m1/s1. The molecule has 2 aromatic rings. The number of aliphatic hydroxyl groups excluding tert-OH is 3. The van der Waals surface area contributed by atoms with Gasteiger partial charge in [-0.25, -0.2) is 4.68 Å². The fraction of sp³-hybridized carbons (Fsp3) is 0.800. The van der Waals surface area contributed by atoms with Gasteiger partial charge in [-0.2, -0.15) is 0 Å². The molecule has 3 fully saturated rings. The highest BCUT2D eigenvalue weighted by Gasteiger charge is 2.52. The van der Waals surface area contributed by atoms with Crippen molar-refractivity contribution in [3.05, 3.63) is 36.5 Å². The van der Waals surface area contributed by atoms with Crippen molar-refractivity contribution in [1.82, 2.24) is 24.8 Å². The summed E-state index contributed by atoms with van der Waals surface area (Å²) in [6, 6.07) is 9.49. The number of likely N-dealkylation sites (N-methyl/N-ethyl adjacent to an activating group) is 2. The molecule has 0 unspecified atom stereocenters. The molecular weight excluding hydrogens is 787 g/mol. The van der Waals surface area contributed by atoms with Gasteiger partial charge in [0.25, 0.3) is 0 Å². The second-order valence-electron chi connectivity index (χ2n) is 19.0. The molecule has 3 saturated heterocycles. The van der Waals surface area contributed by atoms with Crippen molar-refractivity contribution in [3.8, 4) is 11.3 Å². The molecule has 1 aromatic carbocycles. The fourth-order valence-electron chi connectivity index (χ4n) is 9.80. The van der Waals surface area contributed by atoms with Crippen molar-refractivity contribution in [2.75, 3.05) is 48.5 Å². The van der Waals surface area contributed by atoms with Gasteiger partial charge in [0.1, 0.15) is 24.0 Å². The molecule has 0 saturated carbocycles. The normalized spacial score (nSPS) is 41.5. The number of esters is 1. The van der Waals surface area contributed by atoms with Gasteiger partial charge in [0.2, 0.25) is 0 Å².